The Bertz CT molecular complexity index is 1180. The predicted molar refractivity (Wildman–Crippen MR) is 277 cm³/mol. The minimum absolute atomic E-state index is 0.0266. The van der Waals surface area contributed by atoms with E-state index in [1.807, 2.05) is 21.1 Å². The van der Waals surface area contributed by atoms with Gasteiger partial charge in [-0.15, -0.1) is 0 Å². The van der Waals surface area contributed by atoms with E-state index in [9.17, 15) is 14.3 Å². The topological polar surface area (TPSA) is 94.1 Å². The number of hydrogen-bond donors (Lipinski definition) is 0. The van der Waals surface area contributed by atoms with E-state index in [-0.39, 0.29) is 25.8 Å². The van der Waals surface area contributed by atoms with E-state index in [2.05, 4.69) is 62.5 Å². The number of quaternary nitrogens is 1. The van der Waals surface area contributed by atoms with Gasteiger partial charge >= 0.3 is 5.97 Å². The molecule has 0 fully saturated rings. The number of ether oxygens (including phenoxy) is 2. The van der Waals surface area contributed by atoms with Crippen LogP contribution in [-0.2, 0) is 27.9 Å². The molecule has 0 aromatic heterocycles. The summed E-state index contributed by atoms with van der Waals surface area (Å²) >= 11 is 0. The van der Waals surface area contributed by atoms with Crippen LogP contribution in [0.5, 0.6) is 0 Å². The minimum Gasteiger partial charge on any atom is -0.756 e. The van der Waals surface area contributed by atoms with Gasteiger partial charge in [0.25, 0.3) is 7.82 Å². The number of rotatable bonds is 51. The summed E-state index contributed by atoms with van der Waals surface area (Å²) in [6.07, 6.45) is 61.4. The van der Waals surface area contributed by atoms with Gasteiger partial charge in [0.05, 0.1) is 34.4 Å². The highest BCUT2D eigenvalue weighted by Crippen LogP contribution is 2.38. The summed E-state index contributed by atoms with van der Waals surface area (Å²) in [5.41, 5.74) is 0. The number of hydrogen-bond acceptors (Lipinski definition) is 7. The van der Waals surface area contributed by atoms with Crippen molar-refractivity contribution in [3.8, 4) is 0 Å². The normalized spacial score (nSPS) is 13.9. The first-order valence-corrected chi connectivity index (χ1v) is 28.8. The molecule has 2 atom stereocenters. The van der Waals surface area contributed by atoms with E-state index in [1.54, 1.807) is 0 Å². The Morgan fingerprint density at radius 2 is 0.892 bits per heavy atom. The standard InChI is InChI=1S/C56H106NO7P/c1-6-8-10-12-14-16-18-20-22-24-26-27-28-29-30-31-32-33-35-37-39-41-43-45-47-49-56(58)64-55(54-63-65(59,60)62-52-50-57(3,4)5)53-61-51-48-46-44-42-40-38-36-34-25-23-21-19-17-15-13-11-9-7-2/h8,10,14,16,20,22,26-27,55H,6-7,9,11-13,15,17-19,21,23-25,28-54H2,1-5H3/b10-8-,16-14-,22-20-,27-26-. The summed E-state index contributed by atoms with van der Waals surface area (Å²) in [7, 11) is 1.36. The van der Waals surface area contributed by atoms with E-state index in [4.69, 9.17) is 18.5 Å². The smallest absolute Gasteiger partial charge is 0.306 e. The van der Waals surface area contributed by atoms with Crippen LogP contribution in [0.1, 0.15) is 245 Å². The molecule has 0 N–H and O–H groups in total. The molecule has 2 unspecified atom stereocenters. The van der Waals surface area contributed by atoms with Crippen LogP contribution >= 0.6 is 7.82 Å². The highest BCUT2D eigenvalue weighted by atomic mass is 31.2. The Morgan fingerprint density at radius 3 is 1.34 bits per heavy atom. The van der Waals surface area contributed by atoms with Crippen molar-refractivity contribution < 1.29 is 37.3 Å². The van der Waals surface area contributed by atoms with Crippen LogP contribution in [-0.4, -0.2) is 70.7 Å². The van der Waals surface area contributed by atoms with Crippen LogP contribution in [0.4, 0.5) is 0 Å². The second kappa shape index (κ2) is 48.9. The van der Waals surface area contributed by atoms with E-state index < -0.39 is 13.9 Å². The third-order valence-electron chi connectivity index (χ3n) is 11.9. The summed E-state index contributed by atoms with van der Waals surface area (Å²) in [6, 6.07) is 0. The highest BCUT2D eigenvalue weighted by molar-refractivity contribution is 7.45. The molecule has 0 amide bonds. The third-order valence-corrected chi connectivity index (χ3v) is 12.9. The molecular weight excluding hydrogens is 830 g/mol. The van der Waals surface area contributed by atoms with Crippen LogP contribution in [0, 0.1) is 0 Å². The fourth-order valence-corrected chi connectivity index (χ4v) is 8.45. The van der Waals surface area contributed by atoms with Crippen molar-refractivity contribution in [1.29, 1.82) is 0 Å². The lowest BCUT2D eigenvalue weighted by Gasteiger charge is -2.28. The van der Waals surface area contributed by atoms with Crippen molar-refractivity contribution in [3.05, 3.63) is 48.6 Å². The zero-order chi connectivity index (χ0) is 47.6. The van der Waals surface area contributed by atoms with E-state index >= 15 is 0 Å². The second-order valence-electron chi connectivity index (χ2n) is 19.6. The Balaban J connectivity index is 4.08. The molecule has 0 spiro atoms. The average Bonchev–Trinajstić information content (AvgIpc) is 3.27. The molecule has 382 valence electrons. The van der Waals surface area contributed by atoms with Gasteiger partial charge < -0.3 is 27.9 Å². The van der Waals surface area contributed by atoms with Crippen molar-refractivity contribution in [1.82, 2.24) is 0 Å². The first-order chi connectivity index (χ1) is 31.6. The van der Waals surface area contributed by atoms with Crippen molar-refractivity contribution >= 4 is 13.8 Å². The van der Waals surface area contributed by atoms with E-state index in [0.29, 0.717) is 24.1 Å². The van der Waals surface area contributed by atoms with Crippen LogP contribution in [0.25, 0.3) is 0 Å². The number of nitrogens with zero attached hydrogens (tertiary/aromatic N) is 1. The largest absolute Gasteiger partial charge is 0.756 e. The molecule has 0 saturated heterocycles. The van der Waals surface area contributed by atoms with Gasteiger partial charge in [-0.3, -0.25) is 9.36 Å². The van der Waals surface area contributed by atoms with Gasteiger partial charge in [-0.2, -0.15) is 0 Å². The Kier molecular flexibility index (Phi) is 47.7. The fraction of sp³-hybridized carbons (Fsp3) is 0.839. The number of phosphoric acid groups is 1. The zero-order valence-electron chi connectivity index (χ0n) is 43.4. The molecule has 0 aromatic carbocycles. The van der Waals surface area contributed by atoms with Gasteiger partial charge in [0.1, 0.15) is 19.3 Å². The molecule has 0 rings (SSSR count). The maximum absolute atomic E-state index is 12.8. The van der Waals surface area contributed by atoms with Crippen molar-refractivity contribution in [2.24, 2.45) is 0 Å². The van der Waals surface area contributed by atoms with Crippen molar-refractivity contribution in [3.63, 3.8) is 0 Å². The fourth-order valence-electron chi connectivity index (χ4n) is 7.72. The minimum atomic E-state index is -4.53. The lowest BCUT2D eigenvalue weighted by molar-refractivity contribution is -0.870. The Hall–Kier alpha value is -1.54. The first kappa shape index (κ1) is 63.5. The molecule has 0 aliphatic carbocycles. The molecule has 0 aromatic rings. The monoisotopic (exact) mass is 936 g/mol. The number of carbonyl (C=O) groups is 1. The van der Waals surface area contributed by atoms with Crippen LogP contribution in [0.15, 0.2) is 48.6 Å². The van der Waals surface area contributed by atoms with E-state index in [1.165, 1.54) is 167 Å². The number of allylic oxidation sites excluding steroid dienone is 8. The van der Waals surface area contributed by atoms with Gasteiger partial charge in [0.2, 0.25) is 0 Å². The van der Waals surface area contributed by atoms with Crippen molar-refractivity contribution in [2.75, 3.05) is 54.1 Å². The summed E-state index contributed by atoms with van der Waals surface area (Å²) in [6.45, 7) is 5.35. The third kappa shape index (κ3) is 53.3. The molecule has 65 heavy (non-hydrogen) atoms. The number of unbranched alkanes of at least 4 members (excludes halogenated alkanes) is 29. The predicted octanol–water partition coefficient (Wildman–Crippen LogP) is 16.4. The summed E-state index contributed by atoms with van der Waals surface area (Å²) in [4.78, 5) is 25.2. The van der Waals surface area contributed by atoms with Gasteiger partial charge in [-0.1, -0.05) is 236 Å². The molecule has 0 heterocycles. The number of likely N-dealkylation sites (N-methyl/N-ethyl adjacent to an activating group) is 1. The van der Waals surface area contributed by atoms with Crippen LogP contribution in [0.3, 0.4) is 0 Å². The maximum atomic E-state index is 12.8. The SMILES string of the molecule is CC/C=C\C/C=C\C/C=C\C/C=C\CCCCCCCCCCCCCCC(=O)OC(COCCCCCCCCCCCCCCCCCCCC)COP(=O)([O-])OCC[N+](C)(C)C. The lowest BCUT2D eigenvalue weighted by Crippen LogP contribution is -2.37. The first-order valence-electron chi connectivity index (χ1n) is 27.4. The Labute approximate surface area is 403 Å². The lowest BCUT2D eigenvalue weighted by atomic mass is 10.0. The molecule has 0 aliphatic heterocycles. The quantitative estimate of drug-likeness (QED) is 0.0197. The average molecular weight is 936 g/mol. The summed E-state index contributed by atoms with van der Waals surface area (Å²) < 4.78 is 34.8. The van der Waals surface area contributed by atoms with Gasteiger partial charge in [-0.25, -0.2) is 0 Å². The molecule has 0 bridgehead atoms. The maximum Gasteiger partial charge on any atom is 0.306 e. The number of carbonyl (C=O) groups excluding carboxylic acids is 1. The Morgan fingerprint density at radius 1 is 0.492 bits per heavy atom. The summed E-state index contributed by atoms with van der Waals surface area (Å²) in [5.74, 6) is -0.333. The molecular formula is C56H106NO7P. The second-order valence-corrected chi connectivity index (χ2v) is 21.0. The number of esters is 1. The van der Waals surface area contributed by atoms with Crippen LogP contribution < -0.4 is 4.89 Å². The number of phosphoric ester groups is 1. The molecule has 8 nitrogen and oxygen atoms in total. The highest BCUT2D eigenvalue weighted by Gasteiger charge is 2.20. The van der Waals surface area contributed by atoms with E-state index in [0.717, 1.165) is 57.8 Å². The zero-order valence-corrected chi connectivity index (χ0v) is 44.3. The molecule has 0 radical (unpaired) electrons. The summed E-state index contributed by atoms with van der Waals surface area (Å²) in [5, 5.41) is 0. The van der Waals surface area contributed by atoms with Gasteiger partial charge in [-0.05, 0) is 51.4 Å². The van der Waals surface area contributed by atoms with Gasteiger partial charge in [0, 0.05) is 13.0 Å². The van der Waals surface area contributed by atoms with Crippen LogP contribution in [0.2, 0.25) is 0 Å². The molecule has 9 heteroatoms. The van der Waals surface area contributed by atoms with Crippen molar-refractivity contribution in [2.45, 2.75) is 251 Å². The van der Waals surface area contributed by atoms with Gasteiger partial charge in [0.15, 0.2) is 0 Å². The molecule has 0 saturated carbocycles. The molecule has 0 aliphatic rings.